The summed E-state index contributed by atoms with van der Waals surface area (Å²) in [5, 5.41) is 3.47. The summed E-state index contributed by atoms with van der Waals surface area (Å²) in [7, 11) is 2.25. The van der Waals surface area contributed by atoms with Gasteiger partial charge < -0.3 is 10.2 Å². The monoisotopic (exact) mass is 218 g/mol. The lowest BCUT2D eigenvalue weighted by Gasteiger charge is -2.31. The number of benzene rings is 1. The van der Waals surface area contributed by atoms with Crippen LogP contribution < -0.4 is 5.32 Å². The van der Waals surface area contributed by atoms with E-state index in [1.165, 1.54) is 24.9 Å². The third-order valence-corrected chi connectivity index (χ3v) is 3.49. The minimum atomic E-state index is 0.734. The smallest absolute Gasteiger partial charge is 0.0218 e. The van der Waals surface area contributed by atoms with Gasteiger partial charge >= 0.3 is 0 Å². The Bertz CT molecular complexity index is 291. The lowest BCUT2D eigenvalue weighted by Crippen LogP contribution is -2.44. The van der Waals surface area contributed by atoms with Gasteiger partial charge in [0.05, 0.1) is 0 Å². The summed E-state index contributed by atoms with van der Waals surface area (Å²) in [6.45, 7) is 3.52. The molecule has 2 rings (SSSR count). The van der Waals surface area contributed by atoms with Crippen molar-refractivity contribution in [3.63, 3.8) is 0 Å². The minimum absolute atomic E-state index is 0.734. The summed E-state index contributed by atoms with van der Waals surface area (Å²) in [6.07, 6.45) is 3.83. The average Bonchev–Trinajstić information content (AvgIpc) is 2.38. The van der Waals surface area contributed by atoms with E-state index >= 15 is 0 Å². The molecule has 16 heavy (non-hydrogen) atoms. The van der Waals surface area contributed by atoms with Crippen LogP contribution in [0.15, 0.2) is 30.3 Å². The van der Waals surface area contributed by atoms with E-state index in [0.717, 1.165) is 25.6 Å². The van der Waals surface area contributed by atoms with Crippen LogP contribution in [0.2, 0.25) is 0 Å². The number of rotatable bonds is 4. The van der Waals surface area contributed by atoms with Crippen molar-refractivity contribution in [3.05, 3.63) is 35.9 Å². The number of hydrogen-bond acceptors (Lipinski definition) is 2. The van der Waals surface area contributed by atoms with Crippen molar-refractivity contribution >= 4 is 0 Å². The first-order valence-corrected chi connectivity index (χ1v) is 6.31. The zero-order valence-electron chi connectivity index (χ0n) is 10.2. The maximum absolute atomic E-state index is 3.47. The van der Waals surface area contributed by atoms with Crippen LogP contribution in [-0.2, 0) is 6.42 Å². The van der Waals surface area contributed by atoms with E-state index < -0.39 is 0 Å². The SMILES string of the molecule is CN(CCc1ccccc1)C1CCCNC1. The van der Waals surface area contributed by atoms with Gasteiger partial charge in [0.1, 0.15) is 0 Å². The van der Waals surface area contributed by atoms with Crippen LogP contribution >= 0.6 is 0 Å². The summed E-state index contributed by atoms with van der Waals surface area (Å²) in [5.74, 6) is 0. The molecular formula is C14H22N2. The van der Waals surface area contributed by atoms with Crippen LogP contribution in [-0.4, -0.2) is 37.6 Å². The van der Waals surface area contributed by atoms with Gasteiger partial charge in [-0.2, -0.15) is 0 Å². The van der Waals surface area contributed by atoms with E-state index in [1.54, 1.807) is 0 Å². The van der Waals surface area contributed by atoms with Crippen molar-refractivity contribution in [2.75, 3.05) is 26.7 Å². The molecule has 2 heteroatoms. The van der Waals surface area contributed by atoms with Crippen LogP contribution in [0.1, 0.15) is 18.4 Å². The summed E-state index contributed by atoms with van der Waals surface area (Å²) >= 11 is 0. The zero-order valence-corrected chi connectivity index (χ0v) is 10.2. The van der Waals surface area contributed by atoms with Crippen molar-refractivity contribution in [2.24, 2.45) is 0 Å². The van der Waals surface area contributed by atoms with Gasteiger partial charge in [0.25, 0.3) is 0 Å². The van der Waals surface area contributed by atoms with E-state index in [9.17, 15) is 0 Å². The first-order chi connectivity index (χ1) is 7.86. The quantitative estimate of drug-likeness (QED) is 0.830. The van der Waals surface area contributed by atoms with Crippen molar-refractivity contribution in [3.8, 4) is 0 Å². The van der Waals surface area contributed by atoms with Gasteiger partial charge in [-0.3, -0.25) is 0 Å². The standard InChI is InChI=1S/C14H22N2/c1-16(14-8-5-10-15-12-14)11-9-13-6-3-2-4-7-13/h2-4,6-7,14-15H,5,8-12H2,1H3. The topological polar surface area (TPSA) is 15.3 Å². The Balaban J connectivity index is 1.76. The predicted molar refractivity (Wildman–Crippen MR) is 68.7 cm³/mol. The van der Waals surface area contributed by atoms with E-state index in [4.69, 9.17) is 0 Å². The molecule has 88 valence electrons. The van der Waals surface area contributed by atoms with Gasteiger partial charge in [-0.05, 0) is 38.4 Å². The lowest BCUT2D eigenvalue weighted by molar-refractivity contribution is 0.205. The Morgan fingerprint density at radius 1 is 1.31 bits per heavy atom. The molecule has 1 atom stereocenters. The van der Waals surface area contributed by atoms with Crippen molar-refractivity contribution in [2.45, 2.75) is 25.3 Å². The largest absolute Gasteiger partial charge is 0.315 e. The summed E-state index contributed by atoms with van der Waals surface area (Å²) in [5.41, 5.74) is 1.44. The molecule has 0 aliphatic carbocycles. The second kappa shape index (κ2) is 6.02. The second-order valence-electron chi connectivity index (χ2n) is 4.72. The molecule has 0 bridgehead atoms. The van der Waals surface area contributed by atoms with Crippen LogP contribution in [0.25, 0.3) is 0 Å². The second-order valence-corrected chi connectivity index (χ2v) is 4.72. The summed E-state index contributed by atoms with van der Waals surface area (Å²) < 4.78 is 0. The highest BCUT2D eigenvalue weighted by molar-refractivity contribution is 5.14. The molecular weight excluding hydrogens is 196 g/mol. The predicted octanol–water partition coefficient (Wildman–Crippen LogP) is 1.91. The molecule has 0 amide bonds. The molecule has 0 radical (unpaired) electrons. The third-order valence-electron chi connectivity index (χ3n) is 3.49. The van der Waals surface area contributed by atoms with Gasteiger partial charge in [0.2, 0.25) is 0 Å². The van der Waals surface area contributed by atoms with Crippen molar-refractivity contribution < 1.29 is 0 Å². The van der Waals surface area contributed by atoms with Gasteiger partial charge in [-0.15, -0.1) is 0 Å². The number of nitrogens with one attached hydrogen (secondary N) is 1. The molecule has 1 fully saturated rings. The van der Waals surface area contributed by atoms with Crippen LogP contribution in [0.5, 0.6) is 0 Å². The normalized spacial score (nSPS) is 21.2. The van der Waals surface area contributed by atoms with Gasteiger partial charge in [0, 0.05) is 19.1 Å². The van der Waals surface area contributed by atoms with E-state index in [2.05, 4.69) is 47.6 Å². The minimum Gasteiger partial charge on any atom is -0.315 e. The van der Waals surface area contributed by atoms with Crippen molar-refractivity contribution in [1.29, 1.82) is 0 Å². The first kappa shape index (κ1) is 11.6. The molecule has 1 unspecified atom stereocenters. The van der Waals surface area contributed by atoms with Gasteiger partial charge in [-0.1, -0.05) is 30.3 Å². The molecule has 1 aliphatic heterocycles. The Kier molecular flexibility index (Phi) is 4.37. The highest BCUT2D eigenvalue weighted by Crippen LogP contribution is 2.09. The molecule has 1 aromatic carbocycles. The molecule has 0 saturated carbocycles. The van der Waals surface area contributed by atoms with Gasteiger partial charge in [0.15, 0.2) is 0 Å². The zero-order chi connectivity index (χ0) is 11.2. The number of piperidine rings is 1. The molecule has 1 saturated heterocycles. The molecule has 1 aromatic rings. The average molecular weight is 218 g/mol. The van der Waals surface area contributed by atoms with Crippen molar-refractivity contribution in [1.82, 2.24) is 10.2 Å². The number of likely N-dealkylation sites (N-methyl/N-ethyl adjacent to an activating group) is 1. The van der Waals surface area contributed by atoms with E-state index in [0.29, 0.717) is 0 Å². The third kappa shape index (κ3) is 3.32. The summed E-state index contributed by atoms with van der Waals surface area (Å²) in [4.78, 5) is 2.50. The lowest BCUT2D eigenvalue weighted by atomic mass is 10.1. The molecule has 1 heterocycles. The highest BCUT2D eigenvalue weighted by atomic mass is 15.2. The van der Waals surface area contributed by atoms with Crippen LogP contribution in [0, 0.1) is 0 Å². The first-order valence-electron chi connectivity index (χ1n) is 6.31. The molecule has 1 N–H and O–H groups in total. The number of nitrogens with zero attached hydrogens (tertiary/aromatic N) is 1. The Morgan fingerprint density at radius 3 is 2.81 bits per heavy atom. The molecule has 2 nitrogen and oxygen atoms in total. The van der Waals surface area contributed by atoms with Crippen LogP contribution in [0.3, 0.4) is 0 Å². The fourth-order valence-electron chi connectivity index (χ4n) is 2.34. The molecule has 0 aromatic heterocycles. The van der Waals surface area contributed by atoms with E-state index in [1.807, 2.05) is 0 Å². The van der Waals surface area contributed by atoms with E-state index in [-0.39, 0.29) is 0 Å². The Morgan fingerprint density at radius 2 is 2.12 bits per heavy atom. The Hall–Kier alpha value is -0.860. The summed E-state index contributed by atoms with van der Waals surface area (Å²) in [6, 6.07) is 11.5. The molecule has 0 spiro atoms. The number of hydrogen-bond donors (Lipinski definition) is 1. The maximum atomic E-state index is 3.47. The maximum Gasteiger partial charge on any atom is 0.0218 e. The molecule has 1 aliphatic rings. The van der Waals surface area contributed by atoms with Gasteiger partial charge in [-0.25, -0.2) is 0 Å². The highest BCUT2D eigenvalue weighted by Gasteiger charge is 2.16. The Labute approximate surface area is 98.7 Å². The fourth-order valence-corrected chi connectivity index (χ4v) is 2.34. The van der Waals surface area contributed by atoms with Crippen LogP contribution in [0.4, 0.5) is 0 Å². The fraction of sp³-hybridized carbons (Fsp3) is 0.571.